The Kier molecular flexibility index (Phi) is 6.69. The molecule has 0 radical (unpaired) electrons. The van der Waals surface area contributed by atoms with E-state index in [0.29, 0.717) is 45.9 Å². The summed E-state index contributed by atoms with van der Waals surface area (Å²) in [5, 5.41) is 0.0797. The molecule has 2 aromatic carbocycles. The first kappa shape index (κ1) is 20.8. The summed E-state index contributed by atoms with van der Waals surface area (Å²) in [4.78, 5) is 26.7. The Morgan fingerprint density at radius 1 is 1.11 bits per heavy atom. The summed E-state index contributed by atoms with van der Waals surface area (Å²) in [5.74, 6) is 0.823. The van der Waals surface area contributed by atoms with Crippen LogP contribution >= 0.6 is 39.3 Å². The summed E-state index contributed by atoms with van der Waals surface area (Å²) in [5.41, 5.74) is 1.12. The van der Waals surface area contributed by atoms with Gasteiger partial charge in [-0.05, 0) is 71.9 Å². The molecule has 1 aliphatic rings. The molecular formula is C20H17BrClNO4S. The third-order valence-corrected chi connectivity index (χ3v) is 5.54. The van der Waals surface area contributed by atoms with Crippen molar-refractivity contribution in [1.29, 1.82) is 0 Å². The van der Waals surface area contributed by atoms with Crippen molar-refractivity contribution in [1.82, 2.24) is 0 Å². The van der Waals surface area contributed by atoms with Crippen molar-refractivity contribution in [3.63, 3.8) is 0 Å². The minimum atomic E-state index is -0.398. The molecule has 0 bridgehead atoms. The van der Waals surface area contributed by atoms with Gasteiger partial charge < -0.3 is 9.47 Å². The number of benzene rings is 2. The first-order valence-electron chi connectivity index (χ1n) is 8.57. The Balaban J connectivity index is 1.98. The van der Waals surface area contributed by atoms with Crippen molar-refractivity contribution in [2.24, 2.45) is 0 Å². The van der Waals surface area contributed by atoms with Crippen molar-refractivity contribution >= 4 is 62.2 Å². The van der Waals surface area contributed by atoms with E-state index in [1.165, 1.54) is 0 Å². The molecular weight excluding hydrogens is 466 g/mol. The molecule has 0 saturated carbocycles. The second kappa shape index (κ2) is 9.03. The summed E-state index contributed by atoms with van der Waals surface area (Å²) in [6, 6.07) is 10.2. The molecule has 0 aliphatic carbocycles. The van der Waals surface area contributed by atoms with Crippen LogP contribution in [-0.4, -0.2) is 24.4 Å². The van der Waals surface area contributed by atoms with Crippen molar-refractivity contribution in [3.8, 4) is 11.5 Å². The number of rotatable bonds is 6. The second-order valence-electron chi connectivity index (χ2n) is 5.68. The van der Waals surface area contributed by atoms with Crippen LogP contribution in [0.5, 0.6) is 11.5 Å². The Morgan fingerprint density at radius 3 is 2.50 bits per heavy atom. The smallest absolute Gasteiger partial charge is 0.298 e. The molecule has 0 atom stereocenters. The number of carbonyl (C=O) groups excluding carboxylic acids is 2. The number of ether oxygens (including phenoxy) is 2. The predicted octanol–water partition coefficient (Wildman–Crippen LogP) is 6.14. The molecule has 1 aliphatic heterocycles. The third-order valence-electron chi connectivity index (χ3n) is 3.81. The van der Waals surface area contributed by atoms with Gasteiger partial charge in [0.25, 0.3) is 11.1 Å². The lowest BCUT2D eigenvalue weighted by Gasteiger charge is -2.13. The van der Waals surface area contributed by atoms with E-state index < -0.39 is 5.91 Å². The highest BCUT2D eigenvalue weighted by molar-refractivity contribution is 9.10. The van der Waals surface area contributed by atoms with E-state index in [1.54, 1.807) is 36.4 Å². The van der Waals surface area contributed by atoms with Crippen molar-refractivity contribution in [2.75, 3.05) is 18.1 Å². The molecule has 5 nitrogen and oxygen atoms in total. The van der Waals surface area contributed by atoms with E-state index in [2.05, 4.69) is 15.9 Å². The van der Waals surface area contributed by atoms with Crippen LogP contribution in [-0.2, 0) is 4.79 Å². The molecule has 2 amide bonds. The lowest BCUT2D eigenvalue weighted by Crippen LogP contribution is -2.27. The number of nitrogens with zero attached hydrogens (tertiary/aromatic N) is 1. The molecule has 0 spiro atoms. The zero-order chi connectivity index (χ0) is 20.3. The summed E-state index contributed by atoms with van der Waals surface area (Å²) in [6.07, 6.45) is 1.65. The highest BCUT2D eigenvalue weighted by Crippen LogP contribution is 2.39. The third kappa shape index (κ3) is 4.37. The highest BCUT2D eigenvalue weighted by atomic mass is 79.9. The quantitative estimate of drug-likeness (QED) is 0.463. The second-order valence-corrected chi connectivity index (χ2v) is 7.97. The molecule has 0 N–H and O–H groups in total. The number of carbonyl (C=O) groups is 2. The minimum absolute atomic E-state index is 0.307. The Labute approximate surface area is 180 Å². The van der Waals surface area contributed by atoms with Crippen LogP contribution in [0.15, 0.2) is 45.8 Å². The van der Waals surface area contributed by atoms with E-state index in [-0.39, 0.29) is 5.24 Å². The fraction of sp³-hybridized carbons (Fsp3) is 0.200. The van der Waals surface area contributed by atoms with Gasteiger partial charge in [-0.15, -0.1) is 0 Å². The van der Waals surface area contributed by atoms with E-state index in [9.17, 15) is 9.59 Å². The topological polar surface area (TPSA) is 55.8 Å². The summed E-state index contributed by atoms with van der Waals surface area (Å²) >= 11 is 10.3. The van der Waals surface area contributed by atoms with Gasteiger partial charge in [-0.2, -0.15) is 0 Å². The van der Waals surface area contributed by atoms with Gasteiger partial charge >= 0.3 is 0 Å². The van der Waals surface area contributed by atoms with Gasteiger partial charge in [-0.3, -0.25) is 9.59 Å². The van der Waals surface area contributed by atoms with Crippen LogP contribution in [0, 0.1) is 0 Å². The Morgan fingerprint density at radius 2 is 1.82 bits per heavy atom. The summed E-state index contributed by atoms with van der Waals surface area (Å²) in [7, 11) is 0. The first-order valence-corrected chi connectivity index (χ1v) is 10.6. The van der Waals surface area contributed by atoms with Crippen LogP contribution < -0.4 is 14.4 Å². The zero-order valence-corrected chi connectivity index (χ0v) is 18.4. The van der Waals surface area contributed by atoms with Crippen LogP contribution in [0.1, 0.15) is 19.4 Å². The minimum Gasteiger partial charge on any atom is -0.493 e. The molecule has 0 unspecified atom stereocenters. The molecule has 1 heterocycles. The van der Waals surface area contributed by atoms with E-state index in [1.807, 2.05) is 19.9 Å². The largest absolute Gasteiger partial charge is 0.493 e. The van der Waals surface area contributed by atoms with E-state index in [0.717, 1.165) is 21.1 Å². The Bertz CT molecular complexity index is 963. The lowest BCUT2D eigenvalue weighted by molar-refractivity contribution is -0.113. The maximum Gasteiger partial charge on any atom is 0.298 e. The monoisotopic (exact) mass is 481 g/mol. The fourth-order valence-electron chi connectivity index (χ4n) is 2.66. The fourth-order valence-corrected chi connectivity index (χ4v) is 4.15. The van der Waals surface area contributed by atoms with Crippen molar-refractivity contribution < 1.29 is 19.1 Å². The predicted molar refractivity (Wildman–Crippen MR) is 116 cm³/mol. The summed E-state index contributed by atoms with van der Waals surface area (Å²) < 4.78 is 12.0. The van der Waals surface area contributed by atoms with Crippen LogP contribution in [0.3, 0.4) is 0 Å². The number of hydrogen-bond acceptors (Lipinski definition) is 5. The number of imide groups is 1. The van der Waals surface area contributed by atoms with Gasteiger partial charge in [0, 0.05) is 16.7 Å². The average Bonchev–Trinajstić information content (AvgIpc) is 2.92. The maximum atomic E-state index is 12.9. The van der Waals surface area contributed by atoms with Gasteiger partial charge in [-0.25, -0.2) is 4.90 Å². The van der Waals surface area contributed by atoms with Crippen LogP contribution in [0.2, 0.25) is 5.02 Å². The standard InChI is InChI=1S/C20H17BrClNO4S/c1-3-26-16-11-17(27-4-2)15(21)8-12(16)9-18-19(24)23(20(25)28-18)14-7-5-6-13(22)10-14/h5-11H,3-4H2,1-2H3/b18-9-. The normalized spacial score (nSPS) is 15.4. The molecule has 1 saturated heterocycles. The average molecular weight is 483 g/mol. The number of anilines is 1. The van der Waals surface area contributed by atoms with Gasteiger partial charge in [0.2, 0.25) is 0 Å². The van der Waals surface area contributed by atoms with E-state index >= 15 is 0 Å². The van der Waals surface area contributed by atoms with Gasteiger partial charge in [0.15, 0.2) is 0 Å². The number of thioether (sulfide) groups is 1. The van der Waals surface area contributed by atoms with Gasteiger partial charge in [0.1, 0.15) is 11.5 Å². The zero-order valence-electron chi connectivity index (χ0n) is 15.2. The molecule has 28 heavy (non-hydrogen) atoms. The van der Waals surface area contributed by atoms with Crippen molar-refractivity contribution in [3.05, 3.63) is 56.4 Å². The highest BCUT2D eigenvalue weighted by Gasteiger charge is 2.36. The molecule has 8 heteroatoms. The van der Waals surface area contributed by atoms with Crippen molar-refractivity contribution in [2.45, 2.75) is 13.8 Å². The molecule has 2 aromatic rings. The molecule has 3 rings (SSSR count). The number of hydrogen-bond donors (Lipinski definition) is 0. The molecule has 0 aromatic heterocycles. The summed E-state index contributed by atoms with van der Waals surface area (Å²) in [6.45, 7) is 4.74. The van der Waals surface area contributed by atoms with Gasteiger partial charge in [0.05, 0.1) is 28.3 Å². The Hall–Kier alpha value is -1.96. The lowest BCUT2D eigenvalue weighted by atomic mass is 10.1. The SMILES string of the molecule is CCOc1cc(OCC)c(/C=C2\SC(=O)N(c3cccc(Cl)c3)C2=O)cc1Br. The van der Waals surface area contributed by atoms with E-state index in [4.69, 9.17) is 21.1 Å². The number of amides is 2. The maximum absolute atomic E-state index is 12.9. The van der Waals surface area contributed by atoms with Crippen LogP contribution in [0.4, 0.5) is 10.5 Å². The molecule has 146 valence electrons. The van der Waals surface area contributed by atoms with Crippen LogP contribution in [0.25, 0.3) is 6.08 Å². The number of halogens is 2. The molecule has 1 fully saturated rings. The first-order chi connectivity index (χ1) is 13.4. The van der Waals surface area contributed by atoms with Gasteiger partial charge in [-0.1, -0.05) is 17.7 Å².